The lowest BCUT2D eigenvalue weighted by molar-refractivity contribution is 0.0890. The van der Waals surface area contributed by atoms with Crippen molar-refractivity contribution in [2.75, 3.05) is 0 Å². The molecule has 42 heavy (non-hydrogen) atoms. The monoisotopic (exact) mass is 563 g/mol. The van der Waals surface area contributed by atoms with Gasteiger partial charge in [0.05, 0.1) is 17.4 Å². The van der Waals surface area contributed by atoms with Gasteiger partial charge in [-0.25, -0.2) is 9.98 Å². The van der Waals surface area contributed by atoms with Crippen LogP contribution in [0.15, 0.2) is 40.0 Å². The highest BCUT2D eigenvalue weighted by Gasteiger charge is 2.44. The predicted molar refractivity (Wildman–Crippen MR) is 160 cm³/mol. The molecule has 7 rings (SSSR count). The molecule has 1 aliphatic heterocycles. The van der Waals surface area contributed by atoms with Crippen molar-refractivity contribution < 1.29 is 9.32 Å². The molecule has 4 aromatic rings. The molecule has 2 aliphatic carbocycles. The highest BCUT2D eigenvalue weighted by atomic mass is 16.5. The molecule has 1 fully saturated rings. The molecule has 1 atom stereocenters. The Hall–Kier alpha value is -4.14. The first kappa shape index (κ1) is 26.7. The summed E-state index contributed by atoms with van der Waals surface area (Å²) in [4.78, 5) is 27.1. The summed E-state index contributed by atoms with van der Waals surface area (Å²) in [5.41, 5.74) is 10.2. The second kappa shape index (κ2) is 10.00. The van der Waals surface area contributed by atoms with Crippen LogP contribution in [0.5, 0.6) is 0 Å². The normalized spacial score (nSPS) is 18.8. The molecule has 4 heterocycles. The summed E-state index contributed by atoms with van der Waals surface area (Å²) in [6, 6.07) is 8.93. The standard InChI is InChI=1S/C33H37N7O2/c1-18(2)40-20(4)28(19(3)38-40)27-17-25-23(12-15-34-29(25)35-27)22-10-11-24-21(16-22)8-6-7-9-26(24)36-30(41)31-37-32(39-42-31)33(5)13-14-33/h10-12,15-16,18,26H,6-9,13-14,17H2,1-5H3,(H,36,41)/t26-/m1/s1. The maximum atomic E-state index is 13.1. The van der Waals surface area contributed by atoms with Gasteiger partial charge >= 0.3 is 11.8 Å². The zero-order valence-electron chi connectivity index (χ0n) is 25.0. The molecule has 1 amide bonds. The molecule has 1 N–H and O–H groups in total. The number of rotatable bonds is 6. The second-order valence-corrected chi connectivity index (χ2v) is 12.6. The van der Waals surface area contributed by atoms with E-state index in [-0.39, 0.29) is 23.3 Å². The minimum atomic E-state index is -0.303. The number of pyridine rings is 1. The fraction of sp³-hybridized carbons (Fsp3) is 0.455. The number of hydrogen-bond donors (Lipinski definition) is 1. The Morgan fingerprint density at radius 1 is 1.17 bits per heavy atom. The fourth-order valence-corrected chi connectivity index (χ4v) is 6.58. The molecular formula is C33H37N7O2. The largest absolute Gasteiger partial charge is 0.341 e. The van der Waals surface area contributed by atoms with Crippen LogP contribution in [0.4, 0.5) is 5.82 Å². The van der Waals surface area contributed by atoms with Gasteiger partial charge in [-0.05, 0) is 88.1 Å². The van der Waals surface area contributed by atoms with Crippen molar-refractivity contribution in [2.24, 2.45) is 4.99 Å². The molecule has 9 nitrogen and oxygen atoms in total. The SMILES string of the molecule is Cc1nn(C(C)C)c(C)c1C1=Nc2nccc(-c3ccc4c(c3)CCCC[C@H]4NC(=O)c3nc(C4(C)CC4)no3)c2C1. The summed E-state index contributed by atoms with van der Waals surface area (Å²) in [5, 5.41) is 12.1. The first-order valence-corrected chi connectivity index (χ1v) is 15.1. The van der Waals surface area contributed by atoms with Crippen molar-refractivity contribution in [3.8, 4) is 11.1 Å². The van der Waals surface area contributed by atoms with Gasteiger partial charge in [-0.3, -0.25) is 9.48 Å². The van der Waals surface area contributed by atoms with E-state index in [2.05, 4.69) is 84.0 Å². The Morgan fingerprint density at radius 2 is 2.00 bits per heavy atom. The maximum absolute atomic E-state index is 13.1. The van der Waals surface area contributed by atoms with Crippen LogP contribution in [0.3, 0.4) is 0 Å². The molecule has 0 spiro atoms. The van der Waals surface area contributed by atoms with E-state index in [0.717, 1.165) is 95.7 Å². The van der Waals surface area contributed by atoms with Crippen molar-refractivity contribution in [1.82, 2.24) is 30.2 Å². The smallest absolute Gasteiger partial charge is 0.315 e. The van der Waals surface area contributed by atoms with E-state index in [1.54, 1.807) is 0 Å². The molecule has 9 heteroatoms. The molecular weight excluding hydrogens is 526 g/mol. The van der Waals surface area contributed by atoms with Crippen LogP contribution in [-0.4, -0.2) is 36.5 Å². The number of carbonyl (C=O) groups excluding carboxylic acids is 1. The van der Waals surface area contributed by atoms with Crippen LogP contribution in [0.1, 0.15) is 115 Å². The van der Waals surface area contributed by atoms with E-state index in [4.69, 9.17) is 14.6 Å². The van der Waals surface area contributed by atoms with E-state index < -0.39 is 0 Å². The number of carbonyl (C=O) groups is 1. The Labute approximate surface area is 245 Å². The van der Waals surface area contributed by atoms with E-state index in [9.17, 15) is 4.79 Å². The first-order valence-electron chi connectivity index (χ1n) is 15.1. The zero-order valence-corrected chi connectivity index (χ0v) is 25.0. The summed E-state index contributed by atoms with van der Waals surface area (Å²) in [6.07, 6.45) is 8.60. The van der Waals surface area contributed by atoms with Crippen LogP contribution in [0.2, 0.25) is 0 Å². The van der Waals surface area contributed by atoms with Crippen LogP contribution in [0, 0.1) is 13.8 Å². The molecule has 216 valence electrons. The zero-order chi connectivity index (χ0) is 29.2. The highest BCUT2D eigenvalue weighted by molar-refractivity contribution is 6.08. The third kappa shape index (κ3) is 4.55. The van der Waals surface area contributed by atoms with Crippen molar-refractivity contribution >= 4 is 17.4 Å². The molecule has 3 aliphatic rings. The first-order chi connectivity index (χ1) is 20.2. The number of aromatic nitrogens is 5. The average Bonchev–Trinajstić information content (AvgIpc) is 3.28. The number of amides is 1. The molecule has 0 radical (unpaired) electrons. The summed E-state index contributed by atoms with van der Waals surface area (Å²) < 4.78 is 7.43. The molecule has 1 aromatic carbocycles. The Bertz CT molecular complexity index is 1740. The molecule has 0 bridgehead atoms. The molecule has 0 unspecified atom stereocenters. The molecule has 3 aromatic heterocycles. The summed E-state index contributed by atoms with van der Waals surface area (Å²) >= 11 is 0. The number of benzene rings is 1. The predicted octanol–water partition coefficient (Wildman–Crippen LogP) is 6.45. The quantitative estimate of drug-likeness (QED) is 0.270. The fourth-order valence-electron chi connectivity index (χ4n) is 6.58. The number of fused-ring (bicyclic) bond motifs is 2. The summed E-state index contributed by atoms with van der Waals surface area (Å²) in [5.74, 6) is 1.17. The van der Waals surface area contributed by atoms with Gasteiger partial charge in [0.1, 0.15) is 0 Å². The lowest BCUT2D eigenvalue weighted by atomic mass is 9.91. The number of nitrogens with one attached hydrogen (secondary N) is 1. The van der Waals surface area contributed by atoms with Gasteiger partial charge in [0.2, 0.25) is 0 Å². The van der Waals surface area contributed by atoms with Gasteiger partial charge in [-0.2, -0.15) is 10.1 Å². The Kier molecular flexibility index (Phi) is 6.36. The van der Waals surface area contributed by atoms with Crippen LogP contribution < -0.4 is 5.32 Å². The van der Waals surface area contributed by atoms with E-state index in [0.29, 0.717) is 11.9 Å². The molecule has 0 saturated heterocycles. The van der Waals surface area contributed by atoms with E-state index >= 15 is 0 Å². The minimum Gasteiger partial charge on any atom is -0.341 e. The van der Waals surface area contributed by atoms with Crippen molar-refractivity contribution in [3.05, 3.63) is 75.8 Å². The van der Waals surface area contributed by atoms with Gasteiger partial charge in [-0.1, -0.05) is 36.7 Å². The molecule has 1 saturated carbocycles. The van der Waals surface area contributed by atoms with Crippen LogP contribution in [-0.2, 0) is 18.3 Å². The van der Waals surface area contributed by atoms with Gasteiger partial charge in [-0.15, -0.1) is 0 Å². The average molecular weight is 564 g/mol. The van der Waals surface area contributed by atoms with Crippen LogP contribution in [0.25, 0.3) is 11.1 Å². The third-order valence-corrected chi connectivity index (χ3v) is 9.20. The number of aliphatic imine (C=N–C) groups is 1. The Morgan fingerprint density at radius 3 is 2.76 bits per heavy atom. The number of hydrogen-bond acceptors (Lipinski definition) is 7. The number of nitrogens with zero attached hydrogens (tertiary/aromatic N) is 6. The van der Waals surface area contributed by atoms with Gasteiger partial charge in [0, 0.05) is 40.9 Å². The van der Waals surface area contributed by atoms with Crippen molar-refractivity contribution in [1.29, 1.82) is 0 Å². The van der Waals surface area contributed by atoms with Gasteiger partial charge < -0.3 is 9.84 Å². The lowest BCUT2D eigenvalue weighted by Gasteiger charge is -2.19. The highest BCUT2D eigenvalue weighted by Crippen LogP contribution is 2.46. The Balaban J connectivity index is 1.15. The second-order valence-electron chi connectivity index (χ2n) is 12.6. The summed E-state index contributed by atoms with van der Waals surface area (Å²) in [7, 11) is 0. The van der Waals surface area contributed by atoms with Crippen LogP contribution >= 0.6 is 0 Å². The minimum absolute atomic E-state index is 0.0417. The number of aryl methyl sites for hydroxylation is 2. The maximum Gasteiger partial charge on any atom is 0.315 e. The van der Waals surface area contributed by atoms with E-state index in [1.807, 2.05) is 6.20 Å². The van der Waals surface area contributed by atoms with Crippen molar-refractivity contribution in [2.45, 2.75) is 97.1 Å². The van der Waals surface area contributed by atoms with Gasteiger partial charge in [0.25, 0.3) is 0 Å². The third-order valence-electron chi connectivity index (χ3n) is 9.20. The van der Waals surface area contributed by atoms with Gasteiger partial charge in [0.15, 0.2) is 11.6 Å². The lowest BCUT2D eigenvalue weighted by Crippen LogP contribution is -2.29. The topological polar surface area (TPSA) is 111 Å². The van der Waals surface area contributed by atoms with Crippen molar-refractivity contribution in [3.63, 3.8) is 0 Å². The van der Waals surface area contributed by atoms with E-state index in [1.165, 1.54) is 5.56 Å². The summed E-state index contributed by atoms with van der Waals surface area (Å²) in [6.45, 7) is 10.6.